The standard InChI is InChI=1S/C24H35N3O4.HI/c1-4-30-15-5-14-25-24(26-18-20-6-10-22(29-3)11-7-20)27-19-21-8-12-23(13-9-21)31-17-16-28-2;/h6-13H,4-5,14-19H2,1-3H3,(H2,25,26,27);1H. The molecule has 0 heterocycles. The first-order valence-corrected chi connectivity index (χ1v) is 10.7. The van der Waals surface area contributed by atoms with Gasteiger partial charge in [0.1, 0.15) is 18.1 Å². The van der Waals surface area contributed by atoms with Gasteiger partial charge in [-0.1, -0.05) is 24.3 Å². The fourth-order valence-corrected chi connectivity index (χ4v) is 2.73. The van der Waals surface area contributed by atoms with E-state index < -0.39 is 0 Å². The summed E-state index contributed by atoms with van der Waals surface area (Å²) in [6.07, 6.45) is 0.921. The van der Waals surface area contributed by atoms with Gasteiger partial charge in [-0.25, -0.2) is 4.99 Å². The van der Waals surface area contributed by atoms with Gasteiger partial charge >= 0.3 is 0 Å². The number of aliphatic imine (C=N–C) groups is 1. The van der Waals surface area contributed by atoms with E-state index in [2.05, 4.69) is 10.6 Å². The van der Waals surface area contributed by atoms with Crippen molar-refractivity contribution in [2.75, 3.05) is 47.2 Å². The molecule has 0 aliphatic rings. The Morgan fingerprint density at radius 2 is 1.53 bits per heavy atom. The Morgan fingerprint density at radius 1 is 0.844 bits per heavy atom. The second kappa shape index (κ2) is 17.5. The van der Waals surface area contributed by atoms with Gasteiger partial charge in [-0.15, -0.1) is 24.0 Å². The number of guanidine groups is 1. The first kappa shape index (κ1) is 28.0. The summed E-state index contributed by atoms with van der Waals surface area (Å²) in [6, 6.07) is 16.0. The first-order valence-electron chi connectivity index (χ1n) is 10.7. The molecule has 0 radical (unpaired) electrons. The van der Waals surface area contributed by atoms with Gasteiger partial charge in [-0.3, -0.25) is 0 Å². The first-order chi connectivity index (χ1) is 15.2. The number of nitrogens with one attached hydrogen (secondary N) is 2. The molecule has 0 aromatic heterocycles. The summed E-state index contributed by atoms with van der Waals surface area (Å²) in [5, 5.41) is 6.79. The van der Waals surface area contributed by atoms with Gasteiger partial charge in [0.25, 0.3) is 0 Å². The van der Waals surface area contributed by atoms with Gasteiger partial charge in [0.05, 0.1) is 20.3 Å². The molecule has 2 aromatic carbocycles. The van der Waals surface area contributed by atoms with Crippen LogP contribution >= 0.6 is 24.0 Å². The Hall–Kier alpha value is -2.04. The van der Waals surface area contributed by atoms with Crippen LogP contribution in [-0.2, 0) is 22.6 Å². The summed E-state index contributed by atoms with van der Waals surface area (Å²) >= 11 is 0. The lowest BCUT2D eigenvalue weighted by Crippen LogP contribution is -2.37. The molecule has 2 N–H and O–H groups in total. The molecule has 0 unspecified atom stereocenters. The molecule has 7 nitrogen and oxygen atoms in total. The van der Waals surface area contributed by atoms with Crippen LogP contribution in [0.2, 0.25) is 0 Å². The van der Waals surface area contributed by atoms with Crippen LogP contribution in [-0.4, -0.2) is 53.2 Å². The fraction of sp³-hybridized carbons (Fsp3) is 0.458. The maximum Gasteiger partial charge on any atom is 0.191 e. The molecule has 0 saturated carbocycles. The van der Waals surface area contributed by atoms with Gasteiger partial charge in [-0.2, -0.15) is 0 Å². The summed E-state index contributed by atoms with van der Waals surface area (Å²) in [5.74, 6) is 2.45. The van der Waals surface area contributed by atoms with Crippen LogP contribution in [0.1, 0.15) is 24.5 Å². The van der Waals surface area contributed by atoms with E-state index in [-0.39, 0.29) is 24.0 Å². The van der Waals surface area contributed by atoms with E-state index >= 15 is 0 Å². The van der Waals surface area contributed by atoms with Gasteiger partial charge < -0.3 is 29.6 Å². The van der Waals surface area contributed by atoms with E-state index in [0.717, 1.165) is 54.8 Å². The number of rotatable bonds is 14. The lowest BCUT2D eigenvalue weighted by molar-refractivity contribution is 0.145. The Morgan fingerprint density at radius 3 is 2.19 bits per heavy atom. The lowest BCUT2D eigenvalue weighted by atomic mass is 10.2. The minimum Gasteiger partial charge on any atom is -0.497 e. The average molecular weight is 557 g/mol. The number of halogens is 1. The van der Waals surface area contributed by atoms with Crippen LogP contribution in [0.4, 0.5) is 0 Å². The SMILES string of the molecule is CCOCCCNC(=NCc1ccc(OC)cc1)NCc1ccc(OCCOC)cc1.I. The summed E-state index contributed by atoms with van der Waals surface area (Å²) < 4.78 is 21.2. The van der Waals surface area contributed by atoms with Crippen LogP contribution in [0.15, 0.2) is 53.5 Å². The zero-order valence-corrected chi connectivity index (χ0v) is 21.6. The van der Waals surface area contributed by atoms with Crippen LogP contribution < -0.4 is 20.1 Å². The van der Waals surface area contributed by atoms with Crippen molar-refractivity contribution in [2.24, 2.45) is 4.99 Å². The van der Waals surface area contributed by atoms with E-state index in [1.807, 2.05) is 55.5 Å². The van der Waals surface area contributed by atoms with Gasteiger partial charge in [0, 0.05) is 33.4 Å². The maximum absolute atomic E-state index is 5.61. The minimum atomic E-state index is 0. The van der Waals surface area contributed by atoms with Crippen molar-refractivity contribution in [3.8, 4) is 11.5 Å². The molecule has 0 saturated heterocycles. The molecule has 2 rings (SSSR count). The number of methoxy groups -OCH3 is 2. The topological polar surface area (TPSA) is 73.3 Å². The number of ether oxygens (including phenoxy) is 4. The molecule has 0 amide bonds. The van der Waals surface area contributed by atoms with Crippen molar-refractivity contribution in [1.29, 1.82) is 0 Å². The maximum atomic E-state index is 5.61. The fourth-order valence-electron chi connectivity index (χ4n) is 2.73. The average Bonchev–Trinajstić information content (AvgIpc) is 2.81. The normalized spacial score (nSPS) is 10.9. The molecule has 8 heteroatoms. The predicted octanol–water partition coefficient (Wildman–Crippen LogP) is 4.00. The van der Waals surface area contributed by atoms with Crippen LogP contribution in [0.5, 0.6) is 11.5 Å². The molecule has 2 aromatic rings. The molecule has 178 valence electrons. The molecule has 32 heavy (non-hydrogen) atoms. The van der Waals surface area contributed by atoms with Crippen molar-refractivity contribution >= 4 is 29.9 Å². The van der Waals surface area contributed by atoms with Crippen molar-refractivity contribution in [3.05, 3.63) is 59.7 Å². The van der Waals surface area contributed by atoms with Crippen LogP contribution in [0.3, 0.4) is 0 Å². The molecule has 0 spiro atoms. The largest absolute Gasteiger partial charge is 0.497 e. The van der Waals surface area contributed by atoms with E-state index in [4.69, 9.17) is 23.9 Å². The van der Waals surface area contributed by atoms with Crippen molar-refractivity contribution in [3.63, 3.8) is 0 Å². The smallest absolute Gasteiger partial charge is 0.191 e. The summed E-state index contributed by atoms with van der Waals surface area (Å²) in [5.41, 5.74) is 2.26. The lowest BCUT2D eigenvalue weighted by Gasteiger charge is -2.13. The second-order valence-corrected chi connectivity index (χ2v) is 6.83. The molecule has 0 atom stereocenters. The third-order valence-corrected chi connectivity index (χ3v) is 4.48. The van der Waals surface area contributed by atoms with Crippen LogP contribution in [0.25, 0.3) is 0 Å². The van der Waals surface area contributed by atoms with Gasteiger partial charge in [0.2, 0.25) is 0 Å². The van der Waals surface area contributed by atoms with E-state index in [1.54, 1.807) is 14.2 Å². The van der Waals surface area contributed by atoms with E-state index in [1.165, 1.54) is 0 Å². The predicted molar refractivity (Wildman–Crippen MR) is 139 cm³/mol. The van der Waals surface area contributed by atoms with Crippen molar-refractivity contribution < 1.29 is 18.9 Å². The number of hydrogen-bond acceptors (Lipinski definition) is 5. The highest BCUT2D eigenvalue weighted by atomic mass is 127. The number of nitrogens with zero attached hydrogens (tertiary/aromatic N) is 1. The monoisotopic (exact) mass is 557 g/mol. The Kier molecular flexibility index (Phi) is 15.3. The zero-order valence-electron chi connectivity index (χ0n) is 19.3. The number of benzene rings is 2. The third kappa shape index (κ3) is 11.5. The van der Waals surface area contributed by atoms with Gasteiger partial charge in [-0.05, 0) is 48.7 Å². The number of hydrogen-bond donors (Lipinski definition) is 2. The highest BCUT2D eigenvalue weighted by Gasteiger charge is 2.02. The summed E-state index contributed by atoms with van der Waals surface area (Å²) in [6.45, 7) is 6.64. The van der Waals surface area contributed by atoms with Gasteiger partial charge in [0.15, 0.2) is 5.96 Å². The second-order valence-electron chi connectivity index (χ2n) is 6.83. The summed E-state index contributed by atoms with van der Waals surface area (Å²) in [4.78, 5) is 4.72. The Balaban J connectivity index is 0.00000512. The third-order valence-electron chi connectivity index (χ3n) is 4.48. The molecule has 0 bridgehead atoms. The Labute approximate surface area is 208 Å². The van der Waals surface area contributed by atoms with Crippen LogP contribution in [0, 0.1) is 0 Å². The minimum absolute atomic E-state index is 0. The molecular formula is C24H36IN3O4. The quantitative estimate of drug-likeness (QED) is 0.158. The highest BCUT2D eigenvalue weighted by Crippen LogP contribution is 2.13. The van der Waals surface area contributed by atoms with Crippen molar-refractivity contribution in [1.82, 2.24) is 10.6 Å². The van der Waals surface area contributed by atoms with E-state index in [9.17, 15) is 0 Å². The Bertz CT molecular complexity index is 755. The molecule has 0 fully saturated rings. The summed E-state index contributed by atoms with van der Waals surface area (Å²) in [7, 11) is 3.33. The highest BCUT2D eigenvalue weighted by molar-refractivity contribution is 14.0. The zero-order chi connectivity index (χ0) is 22.2. The molecule has 0 aliphatic heterocycles. The van der Waals surface area contributed by atoms with Crippen molar-refractivity contribution in [2.45, 2.75) is 26.4 Å². The molecule has 0 aliphatic carbocycles. The molecular weight excluding hydrogens is 521 g/mol. The van der Waals surface area contributed by atoms with E-state index in [0.29, 0.717) is 26.3 Å².